The number of benzene rings is 1. The maximum Gasteiger partial charge on any atom is 0.226 e. The van der Waals surface area contributed by atoms with E-state index in [9.17, 15) is 0 Å². The Morgan fingerprint density at radius 2 is 2.04 bits per heavy atom. The van der Waals surface area contributed by atoms with E-state index in [1.165, 1.54) is 11.8 Å². The Bertz CT molecular complexity index is 1030. The lowest BCUT2D eigenvalue weighted by Gasteiger charge is -2.09. The number of aromatic nitrogens is 5. The van der Waals surface area contributed by atoms with Crippen molar-refractivity contribution in [2.24, 2.45) is 0 Å². The van der Waals surface area contributed by atoms with Crippen LogP contribution >= 0.6 is 11.8 Å². The van der Waals surface area contributed by atoms with E-state index in [1.54, 1.807) is 20.3 Å². The number of thioether (sulfide) groups is 1. The summed E-state index contributed by atoms with van der Waals surface area (Å²) in [4.78, 5) is 0. The van der Waals surface area contributed by atoms with Crippen molar-refractivity contribution in [1.29, 1.82) is 0 Å². The number of hydrogen-bond acceptors (Lipinski definition) is 8. The molecule has 3 heterocycles. The number of nitrogens with zero attached hydrogens (tertiary/aromatic N) is 5. The van der Waals surface area contributed by atoms with Crippen LogP contribution in [-0.2, 0) is 12.3 Å². The second-order valence-electron chi connectivity index (χ2n) is 5.71. The van der Waals surface area contributed by atoms with Crippen LogP contribution in [0.4, 0.5) is 0 Å². The van der Waals surface area contributed by atoms with E-state index in [1.807, 2.05) is 41.0 Å². The van der Waals surface area contributed by atoms with Gasteiger partial charge in [-0.05, 0) is 24.3 Å². The highest BCUT2D eigenvalue weighted by molar-refractivity contribution is 7.98. The molecule has 0 atom stereocenters. The number of furan rings is 1. The maximum absolute atomic E-state index is 5.51. The fraction of sp³-hybridized carbons (Fsp3) is 0.222. The zero-order valence-corrected chi connectivity index (χ0v) is 15.6. The van der Waals surface area contributed by atoms with Crippen molar-refractivity contribution < 1.29 is 13.6 Å². The summed E-state index contributed by atoms with van der Waals surface area (Å²) in [6.45, 7) is 2.28. The predicted octanol–water partition coefficient (Wildman–Crippen LogP) is 3.58. The highest BCUT2D eigenvalue weighted by Gasteiger charge is 2.17. The summed E-state index contributed by atoms with van der Waals surface area (Å²) in [6.07, 6.45) is 1.65. The molecule has 0 aliphatic rings. The first kappa shape index (κ1) is 17.3. The summed E-state index contributed by atoms with van der Waals surface area (Å²) >= 11 is 1.48. The summed E-state index contributed by atoms with van der Waals surface area (Å²) in [5.41, 5.74) is 0.911. The average molecular weight is 383 g/mol. The molecule has 0 radical (unpaired) electrons. The monoisotopic (exact) mass is 383 g/mol. The highest BCUT2D eigenvalue weighted by Crippen LogP contribution is 2.28. The SMILES string of the molecule is COc1cccc(-c2nnc(SCc3nnc(C)o3)n2Cc2ccco2)c1. The first-order chi connectivity index (χ1) is 13.2. The zero-order chi connectivity index (χ0) is 18.6. The second-order valence-corrected chi connectivity index (χ2v) is 6.65. The first-order valence-electron chi connectivity index (χ1n) is 8.24. The molecule has 1 aromatic carbocycles. The fourth-order valence-corrected chi connectivity index (χ4v) is 3.37. The van der Waals surface area contributed by atoms with Crippen LogP contribution in [0.25, 0.3) is 11.4 Å². The number of aryl methyl sites for hydroxylation is 1. The van der Waals surface area contributed by atoms with Crippen molar-refractivity contribution >= 4 is 11.8 Å². The molecule has 3 aromatic heterocycles. The molecule has 0 aliphatic heterocycles. The quantitative estimate of drug-likeness (QED) is 0.447. The van der Waals surface area contributed by atoms with Crippen LogP contribution < -0.4 is 4.74 Å². The zero-order valence-electron chi connectivity index (χ0n) is 14.8. The molecule has 0 bridgehead atoms. The standard InChI is InChI=1S/C18H17N5O3S/c1-12-19-20-16(26-12)11-27-18-22-21-17(13-5-3-6-14(9-13)24-2)23(18)10-15-7-4-8-25-15/h3-9H,10-11H2,1-2H3. The molecule has 0 amide bonds. The molecule has 0 unspecified atom stereocenters. The van der Waals surface area contributed by atoms with Crippen molar-refractivity contribution in [3.05, 3.63) is 60.2 Å². The normalized spacial score (nSPS) is 11.0. The van der Waals surface area contributed by atoms with Gasteiger partial charge in [0.2, 0.25) is 11.8 Å². The molecule has 4 rings (SSSR count). The van der Waals surface area contributed by atoms with Crippen LogP contribution in [0.2, 0.25) is 0 Å². The van der Waals surface area contributed by atoms with Crippen LogP contribution in [0.15, 0.2) is 56.7 Å². The summed E-state index contributed by atoms with van der Waals surface area (Å²) in [7, 11) is 1.64. The van der Waals surface area contributed by atoms with Gasteiger partial charge >= 0.3 is 0 Å². The van der Waals surface area contributed by atoms with Gasteiger partial charge in [0, 0.05) is 12.5 Å². The lowest BCUT2D eigenvalue weighted by atomic mass is 10.2. The van der Waals surface area contributed by atoms with Gasteiger partial charge in [0.15, 0.2) is 11.0 Å². The fourth-order valence-electron chi connectivity index (χ4n) is 2.59. The summed E-state index contributed by atoms with van der Waals surface area (Å²) in [5, 5.41) is 17.4. The van der Waals surface area contributed by atoms with Gasteiger partial charge in [-0.2, -0.15) is 0 Å². The number of hydrogen-bond donors (Lipinski definition) is 0. The molecular weight excluding hydrogens is 366 g/mol. The Morgan fingerprint density at radius 3 is 2.78 bits per heavy atom. The summed E-state index contributed by atoms with van der Waals surface area (Å²) in [6, 6.07) is 11.5. The molecule has 8 nitrogen and oxygen atoms in total. The number of methoxy groups -OCH3 is 1. The van der Waals surface area contributed by atoms with Crippen LogP contribution in [0, 0.1) is 6.92 Å². The number of ether oxygens (including phenoxy) is 1. The molecule has 0 saturated carbocycles. The van der Waals surface area contributed by atoms with E-state index in [-0.39, 0.29) is 0 Å². The third-order valence-corrected chi connectivity index (χ3v) is 4.78. The van der Waals surface area contributed by atoms with Gasteiger partial charge in [-0.1, -0.05) is 23.9 Å². The van der Waals surface area contributed by atoms with Crippen LogP contribution in [0.1, 0.15) is 17.5 Å². The molecular formula is C18H17N5O3S. The topological polar surface area (TPSA) is 92.0 Å². The largest absolute Gasteiger partial charge is 0.497 e. The van der Waals surface area contributed by atoms with Crippen LogP contribution in [-0.4, -0.2) is 32.1 Å². The van der Waals surface area contributed by atoms with Crippen molar-refractivity contribution in [2.75, 3.05) is 7.11 Å². The predicted molar refractivity (Wildman–Crippen MR) is 98.4 cm³/mol. The van der Waals surface area contributed by atoms with Crippen molar-refractivity contribution in [2.45, 2.75) is 24.4 Å². The van der Waals surface area contributed by atoms with E-state index in [4.69, 9.17) is 13.6 Å². The number of rotatable bonds is 7. The molecule has 27 heavy (non-hydrogen) atoms. The van der Waals surface area contributed by atoms with Gasteiger partial charge in [-0.15, -0.1) is 20.4 Å². The van der Waals surface area contributed by atoms with E-state index < -0.39 is 0 Å². The van der Waals surface area contributed by atoms with E-state index in [0.717, 1.165) is 28.1 Å². The molecule has 9 heteroatoms. The molecule has 0 saturated heterocycles. The third kappa shape index (κ3) is 3.87. The van der Waals surface area contributed by atoms with Crippen molar-refractivity contribution in [1.82, 2.24) is 25.0 Å². The lowest BCUT2D eigenvalue weighted by molar-refractivity contribution is 0.415. The smallest absolute Gasteiger partial charge is 0.226 e. The Labute approximate surface area is 159 Å². The Hall–Kier alpha value is -3.07. The van der Waals surface area contributed by atoms with Crippen LogP contribution in [0.5, 0.6) is 5.75 Å². The Balaban J connectivity index is 1.66. The van der Waals surface area contributed by atoms with Gasteiger partial charge in [-0.25, -0.2) is 0 Å². The second kappa shape index (κ2) is 7.67. The van der Waals surface area contributed by atoms with Gasteiger partial charge in [0.25, 0.3) is 0 Å². The van der Waals surface area contributed by atoms with E-state index in [2.05, 4.69) is 20.4 Å². The Morgan fingerprint density at radius 1 is 1.11 bits per heavy atom. The lowest BCUT2D eigenvalue weighted by Crippen LogP contribution is -2.03. The molecule has 4 aromatic rings. The van der Waals surface area contributed by atoms with Gasteiger partial charge < -0.3 is 13.6 Å². The third-order valence-electron chi connectivity index (χ3n) is 3.83. The summed E-state index contributed by atoms with van der Waals surface area (Å²) in [5.74, 6) is 3.90. The van der Waals surface area contributed by atoms with Crippen molar-refractivity contribution in [3.8, 4) is 17.1 Å². The van der Waals surface area contributed by atoms with E-state index in [0.29, 0.717) is 24.1 Å². The van der Waals surface area contributed by atoms with Gasteiger partial charge in [0.05, 0.1) is 25.7 Å². The molecule has 0 fully saturated rings. The minimum Gasteiger partial charge on any atom is -0.497 e. The minimum atomic E-state index is 0.509. The summed E-state index contributed by atoms with van der Waals surface area (Å²) < 4.78 is 18.3. The molecule has 0 aliphatic carbocycles. The van der Waals surface area contributed by atoms with E-state index >= 15 is 0 Å². The molecule has 138 valence electrons. The van der Waals surface area contributed by atoms with Crippen molar-refractivity contribution in [3.63, 3.8) is 0 Å². The molecule has 0 N–H and O–H groups in total. The minimum absolute atomic E-state index is 0.509. The van der Waals surface area contributed by atoms with Gasteiger partial charge in [0.1, 0.15) is 11.5 Å². The van der Waals surface area contributed by atoms with Gasteiger partial charge in [-0.3, -0.25) is 4.57 Å². The maximum atomic E-state index is 5.51. The average Bonchev–Trinajstić information content (AvgIpc) is 3.43. The van der Waals surface area contributed by atoms with Crippen LogP contribution in [0.3, 0.4) is 0 Å². The first-order valence-corrected chi connectivity index (χ1v) is 9.23. The highest BCUT2D eigenvalue weighted by atomic mass is 32.2. The Kier molecular flexibility index (Phi) is 4.93. The molecule has 0 spiro atoms.